The molecule has 0 radical (unpaired) electrons. The quantitative estimate of drug-likeness (QED) is 0.450. The lowest BCUT2D eigenvalue weighted by molar-refractivity contribution is -0.389. The van der Waals surface area contributed by atoms with Crippen LogP contribution in [0.15, 0.2) is 35.7 Å². The molecule has 0 bridgehead atoms. The Balaban J connectivity index is 1.74. The van der Waals surface area contributed by atoms with Gasteiger partial charge < -0.3 is 20.2 Å². The number of carbonyl (C=O) groups is 1. The number of amides is 1. The van der Waals surface area contributed by atoms with Crippen LogP contribution in [0.5, 0.6) is 5.75 Å². The number of ether oxygens (including phenoxy) is 1. The van der Waals surface area contributed by atoms with Crippen LogP contribution in [0.3, 0.4) is 0 Å². The van der Waals surface area contributed by atoms with Gasteiger partial charge in [0.25, 0.3) is 5.91 Å². The van der Waals surface area contributed by atoms with Crippen LogP contribution < -0.4 is 10.1 Å². The first-order valence-electron chi connectivity index (χ1n) is 8.36. The van der Waals surface area contributed by atoms with Crippen molar-refractivity contribution in [1.29, 1.82) is 0 Å². The van der Waals surface area contributed by atoms with Gasteiger partial charge in [0.2, 0.25) is 0 Å². The molecular formula is C18H16F2N4O4S. The highest BCUT2D eigenvalue weighted by atomic mass is 32.1. The van der Waals surface area contributed by atoms with Crippen LogP contribution in [0.4, 0.5) is 20.3 Å². The molecule has 3 aromatic rings. The highest BCUT2D eigenvalue weighted by Gasteiger charge is 2.18. The molecule has 0 aliphatic heterocycles. The molecule has 29 heavy (non-hydrogen) atoms. The number of aryl methyl sites for hydroxylation is 2. The van der Waals surface area contributed by atoms with Gasteiger partial charge in [-0.3, -0.25) is 4.79 Å². The van der Waals surface area contributed by atoms with Crippen LogP contribution in [0.1, 0.15) is 26.5 Å². The van der Waals surface area contributed by atoms with E-state index in [-0.39, 0.29) is 23.8 Å². The summed E-state index contributed by atoms with van der Waals surface area (Å²) in [7, 11) is 0. The van der Waals surface area contributed by atoms with Crippen molar-refractivity contribution in [3.8, 4) is 5.75 Å². The summed E-state index contributed by atoms with van der Waals surface area (Å²) >= 11 is 1.16. The second-order valence-corrected chi connectivity index (χ2v) is 7.12. The third-order valence-corrected chi connectivity index (χ3v) is 4.94. The summed E-state index contributed by atoms with van der Waals surface area (Å²) in [5.41, 5.74) is 2.19. The first-order chi connectivity index (χ1) is 13.7. The summed E-state index contributed by atoms with van der Waals surface area (Å²) in [4.78, 5) is 23.1. The second kappa shape index (κ2) is 8.35. The van der Waals surface area contributed by atoms with Gasteiger partial charge in [-0.15, -0.1) is 11.3 Å². The smallest absolute Gasteiger partial charge is 0.390 e. The van der Waals surface area contributed by atoms with Crippen LogP contribution in [0, 0.1) is 24.0 Å². The van der Waals surface area contributed by atoms with E-state index in [1.54, 1.807) is 31.4 Å². The minimum atomic E-state index is -3.01. The number of aromatic nitrogens is 2. The highest BCUT2D eigenvalue weighted by Crippen LogP contribution is 2.28. The van der Waals surface area contributed by atoms with Gasteiger partial charge >= 0.3 is 12.4 Å². The van der Waals surface area contributed by atoms with Crippen molar-refractivity contribution in [1.82, 2.24) is 9.78 Å². The lowest BCUT2D eigenvalue weighted by Crippen LogP contribution is -2.13. The number of carbonyl (C=O) groups excluding carboxylic acids is 1. The van der Waals surface area contributed by atoms with E-state index in [1.807, 2.05) is 0 Å². The zero-order chi connectivity index (χ0) is 21.1. The Bertz CT molecular complexity index is 1060. The van der Waals surface area contributed by atoms with Gasteiger partial charge in [0.15, 0.2) is 0 Å². The number of hydrogen-bond acceptors (Lipinski definition) is 6. The predicted octanol–water partition coefficient (Wildman–Crippen LogP) is 4.37. The fraction of sp³-hybridized carbons (Fsp3) is 0.222. The molecule has 0 fully saturated rings. The maximum atomic E-state index is 12.6. The van der Waals surface area contributed by atoms with Gasteiger partial charge in [-0.05, 0) is 53.5 Å². The van der Waals surface area contributed by atoms with E-state index in [2.05, 4.69) is 15.2 Å². The normalized spacial score (nSPS) is 10.9. The van der Waals surface area contributed by atoms with E-state index in [4.69, 9.17) is 0 Å². The predicted molar refractivity (Wildman–Crippen MR) is 103 cm³/mol. The van der Waals surface area contributed by atoms with Crippen molar-refractivity contribution in [3.63, 3.8) is 0 Å². The van der Waals surface area contributed by atoms with Gasteiger partial charge in [-0.2, -0.15) is 13.5 Å². The molecule has 1 N–H and O–H groups in total. The number of hydrogen-bond donors (Lipinski definition) is 1. The number of benzene rings is 1. The molecule has 8 nitrogen and oxygen atoms in total. The van der Waals surface area contributed by atoms with Crippen molar-refractivity contribution >= 4 is 28.7 Å². The largest absolute Gasteiger partial charge is 0.433 e. The molecule has 0 atom stereocenters. The number of rotatable bonds is 7. The second-order valence-electron chi connectivity index (χ2n) is 6.21. The molecule has 11 heteroatoms. The van der Waals surface area contributed by atoms with E-state index >= 15 is 0 Å². The molecule has 3 rings (SSSR count). The zero-order valence-electron chi connectivity index (χ0n) is 15.4. The fourth-order valence-electron chi connectivity index (χ4n) is 2.60. The summed E-state index contributed by atoms with van der Waals surface area (Å²) in [5.74, 6) is -0.849. The molecule has 0 saturated heterocycles. The average Bonchev–Trinajstić information content (AvgIpc) is 3.24. The van der Waals surface area contributed by atoms with E-state index < -0.39 is 17.4 Å². The van der Waals surface area contributed by atoms with E-state index in [9.17, 15) is 23.7 Å². The molecule has 0 saturated carbocycles. The topological polar surface area (TPSA) is 99.3 Å². The van der Waals surface area contributed by atoms with Gasteiger partial charge in [0.1, 0.15) is 5.75 Å². The first-order valence-corrected chi connectivity index (χ1v) is 9.24. The van der Waals surface area contributed by atoms with Gasteiger partial charge in [0.05, 0.1) is 34.0 Å². The number of nitro groups is 1. The molecular weight excluding hydrogens is 406 g/mol. The molecule has 2 heterocycles. The molecule has 1 amide bonds. The Morgan fingerprint density at radius 2 is 2.10 bits per heavy atom. The summed E-state index contributed by atoms with van der Waals surface area (Å²) in [5, 5.41) is 19.0. The SMILES string of the molecule is Cc1ccc(NC(=O)c2cc(Cn3nc([N+](=O)[O-])cc3C)cs2)c(OC(F)F)c1. The van der Waals surface area contributed by atoms with E-state index in [1.165, 1.54) is 22.9 Å². The molecule has 152 valence electrons. The summed E-state index contributed by atoms with van der Waals surface area (Å²) in [6.45, 7) is 0.661. The molecule has 2 aromatic heterocycles. The number of halogens is 2. The Morgan fingerprint density at radius 3 is 2.76 bits per heavy atom. The van der Waals surface area contributed by atoms with Gasteiger partial charge in [0, 0.05) is 0 Å². The summed E-state index contributed by atoms with van der Waals surface area (Å²) in [6, 6.07) is 7.55. The lowest BCUT2D eigenvalue weighted by atomic mass is 10.2. The lowest BCUT2D eigenvalue weighted by Gasteiger charge is -2.12. The number of nitrogens with one attached hydrogen (secondary N) is 1. The van der Waals surface area contributed by atoms with Gasteiger partial charge in [-0.1, -0.05) is 6.07 Å². The van der Waals surface area contributed by atoms with Crippen molar-refractivity contribution in [3.05, 3.63) is 67.5 Å². The fourth-order valence-corrected chi connectivity index (χ4v) is 3.40. The van der Waals surface area contributed by atoms with Crippen LogP contribution in [0.25, 0.3) is 0 Å². The Kier molecular flexibility index (Phi) is 5.87. The van der Waals surface area contributed by atoms with Crippen LogP contribution in [-0.4, -0.2) is 27.2 Å². The Labute approximate surface area is 167 Å². The molecule has 1 aromatic carbocycles. The third-order valence-electron chi connectivity index (χ3n) is 3.97. The van der Waals surface area contributed by atoms with Gasteiger partial charge in [-0.25, -0.2) is 0 Å². The van der Waals surface area contributed by atoms with E-state index in [0.717, 1.165) is 16.9 Å². The monoisotopic (exact) mass is 422 g/mol. The summed E-state index contributed by atoms with van der Waals surface area (Å²) in [6.07, 6.45) is 0. The molecule has 0 spiro atoms. The van der Waals surface area contributed by atoms with Crippen molar-refractivity contribution in [2.45, 2.75) is 27.0 Å². The van der Waals surface area contributed by atoms with Crippen molar-refractivity contribution < 1.29 is 23.2 Å². The van der Waals surface area contributed by atoms with Crippen LogP contribution >= 0.6 is 11.3 Å². The van der Waals surface area contributed by atoms with Crippen molar-refractivity contribution in [2.75, 3.05) is 5.32 Å². The third kappa shape index (κ3) is 4.93. The first kappa shape index (κ1) is 20.4. The van der Waals surface area contributed by atoms with Crippen LogP contribution in [-0.2, 0) is 6.54 Å². The number of nitrogens with zero attached hydrogens (tertiary/aromatic N) is 3. The highest BCUT2D eigenvalue weighted by molar-refractivity contribution is 7.12. The Morgan fingerprint density at radius 1 is 1.34 bits per heavy atom. The summed E-state index contributed by atoms with van der Waals surface area (Å²) < 4.78 is 31.1. The maximum absolute atomic E-state index is 12.6. The molecule has 0 unspecified atom stereocenters. The average molecular weight is 422 g/mol. The van der Waals surface area contributed by atoms with E-state index in [0.29, 0.717) is 16.1 Å². The standard InChI is InChI=1S/C18H16F2N4O4S/c1-10-3-4-13(14(5-10)28-18(19)20)21-17(25)15-7-12(9-29-15)8-23-11(2)6-16(22-23)24(26)27/h3-7,9,18H,8H2,1-2H3,(H,21,25). The maximum Gasteiger partial charge on any atom is 0.390 e. The minimum Gasteiger partial charge on any atom is -0.433 e. The Hall–Kier alpha value is -3.34. The number of thiophene rings is 1. The minimum absolute atomic E-state index is 0.121. The number of alkyl halides is 2. The van der Waals surface area contributed by atoms with Crippen molar-refractivity contribution in [2.24, 2.45) is 0 Å². The molecule has 0 aliphatic rings. The number of anilines is 1. The molecule has 0 aliphatic carbocycles. The zero-order valence-corrected chi connectivity index (χ0v) is 16.2. The van der Waals surface area contributed by atoms with Crippen LogP contribution in [0.2, 0.25) is 0 Å².